The second-order valence-corrected chi connectivity index (χ2v) is 7.94. The van der Waals surface area contributed by atoms with E-state index < -0.39 is 0 Å². The fourth-order valence-corrected chi connectivity index (χ4v) is 5.06. The van der Waals surface area contributed by atoms with Crippen LogP contribution in [0.4, 0.5) is 5.13 Å². The third kappa shape index (κ3) is 2.78. The average molecular weight is 360 g/mol. The second-order valence-electron chi connectivity index (χ2n) is 6.88. The molecule has 3 amide bonds. The van der Waals surface area contributed by atoms with Crippen molar-refractivity contribution in [2.45, 2.75) is 32.6 Å². The highest BCUT2D eigenvalue weighted by Crippen LogP contribution is 2.52. The van der Waals surface area contributed by atoms with Crippen molar-refractivity contribution in [3.8, 4) is 0 Å². The number of nitrogens with zero attached hydrogens (tertiary/aromatic N) is 3. The molecule has 2 fully saturated rings. The summed E-state index contributed by atoms with van der Waals surface area (Å²) in [7, 11) is 0. The maximum Gasteiger partial charge on any atom is 0.233 e. The molecule has 2 heterocycles. The summed E-state index contributed by atoms with van der Waals surface area (Å²) in [6, 6.07) is 0. The number of carbonyl (C=O) groups is 3. The zero-order chi connectivity index (χ0) is 17.6. The van der Waals surface area contributed by atoms with Gasteiger partial charge in [-0.2, -0.15) is 0 Å². The summed E-state index contributed by atoms with van der Waals surface area (Å²) < 4.78 is 0. The monoisotopic (exact) mass is 360 g/mol. The maximum atomic E-state index is 12.6. The second kappa shape index (κ2) is 6.33. The molecular formula is C17H20N4O3S. The quantitative estimate of drug-likeness (QED) is 0.615. The van der Waals surface area contributed by atoms with Gasteiger partial charge in [-0.3, -0.25) is 19.3 Å². The van der Waals surface area contributed by atoms with Crippen LogP contribution in [0.2, 0.25) is 0 Å². The Hall–Kier alpha value is -2.09. The van der Waals surface area contributed by atoms with Gasteiger partial charge in [-0.05, 0) is 24.7 Å². The van der Waals surface area contributed by atoms with Gasteiger partial charge in [-0.15, -0.1) is 10.2 Å². The third-order valence-corrected chi connectivity index (χ3v) is 6.20. The minimum Gasteiger partial charge on any atom is -0.300 e. The van der Waals surface area contributed by atoms with Crippen molar-refractivity contribution in [1.29, 1.82) is 0 Å². The van der Waals surface area contributed by atoms with Crippen molar-refractivity contribution in [3.05, 3.63) is 17.2 Å². The van der Waals surface area contributed by atoms with Crippen LogP contribution in [0.3, 0.4) is 0 Å². The first-order valence-corrected chi connectivity index (χ1v) is 9.56. The van der Waals surface area contributed by atoms with Gasteiger partial charge in [0.15, 0.2) is 0 Å². The molecule has 1 saturated carbocycles. The van der Waals surface area contributed by atoms with Gasteiger partial charge in [0.1, 0.15) is 5.01 Å². The number of hydrogen-bond acceptors (Lipinski definition) is 6. The fourth-order valence-electron chi connectivity index (χ4n) is 4.20. The summed E-state index contributed by atoms with van der Waals surface area (Å²) in [5, 5.41) is 12.0. The molecule has 132 valence electrons. The minimum atomic E-state index is -0.252. The minimum absolute atomic E-state index is 0.0857. The van der Waals surface area contributed by atoms with Crippen molar-refractivity contribution < 1.29 is 14.4 Å². The molecule has 1 N–H and O–H groups in total. The number of nitrogens with one attached hydrogen (secondary N) is 1. The highest BCUT2D eigenvalue weighted by Gasteiger charge is 2.58. The summed E-state index contributed by atoms with van der Waals surface area (Å²) in [4.78, 5) is 38.5. The molecule has 0 spiro atoms. The molecular weight excluding hydrogens is 340 g/mol. The number of anilines is 1. The topological polar surface area (TPSA) is 92.3 Å². The molecule has 8 heteroatoms. The van der Waals surface area contributed by atoms with E-state index in [1.807, 2.05) is 0 Å². The van der Waals surface area contributed by atoms with Crippen LogP contribution in [-0.4, -0.2) is 39.4 Å². The summed E-state index contributed by atoms with van der Waals surface area (Å²) >= 11 is 1.36. The van der Waals surface area contributed by atoms with E-state index in [0.29, 0.717) is 5.13 Å². The van der Waals surface area contributed by atoms with E-state index in [1.165, 1.54) is 16.2 Å². The van der Waals surface area contributed by atoms with Gasteiger partial charge in [0.25, 0.3) is 0 Å². The Labute approximate surface area is 149 Å². The molecule has 3 aliphatic rings. The number of likely N-dealkylation sites (tertiary alicyclic amines) is 1. The van der Waals surface area contributed by atoms with E-state index in [9.17, 15) is 14.4 Å². The van der Waals surface area contributed by atoms with Gasteiger partial charge in [-0.1, -0.05) is 30.4 Å². The lowest BCUT2D eigenvalue weighted by atomic mass is 9.85. The number of aryl methyl sites for hydroxylation is 1. The van der Waals surface area contributed by atoms with Crippen LogP contribution >= 0.6 is 11.3 Å². The van der Waals surface area contributed by atoms with Crippen LogP contribution in [0.5, 0.6) is 0 Å². The van der Waals surface area contributed by atoms with Crippen LogP contribution in [-0.2, 0) is 20.8 Å². The smallest absolute Gasteiger partial charge is 0.233 e. The Bertz CT molecular complexity index is 729. The van der Waals surface area contributed by atoms with E-state index in [-0.39, 0.29) is 54.4 Å². The van der Waals surface area contributed by atoms with E-state index in [1.54, 1.807) is 0 Å². The fraction of sp³-hybridized carbons (Fsp3) is 0.588. The normalized spacial score (nSPS) is 29.6. The Kier molecular flexibility index (Phi) is 4.15. The molecule has 4 rings (SSSR count). The molecule has 1 saturated heterocycles. The number of amides is 3. The van der Waals surface area contributed by atoms with Crippen LogP contribution in [0.1, 0.15) is 31.2 Å². The van der Waals surface area contributed by atoms with E-state index >= 15 is 0 Å². The highest BCUT2D eigenvalue weighted by molar-refractivity contribution is 7.15. The number of carbonyl (C=O) groups excluding carboxylic acids is 3. The van der Waals surface area contributed by atoms with Crippen LogP contribution in [0, 0.1) is 23.7 Å². The number of aromatic nitrogens is 2. The zero-order valence-electron chi connectivity index (χ0n) is 14.0. The lowest BCUT2D eigenvalue weighted by Gasteiger charge is -2.16. The van der Waals surface area contributed by atoms with Crippen LogP contribution in [0.25, 0.3) is 0 Å². The summed E-state index contributed by atoms with van der Waals surface area (Å²) in [6.45, 7) is 2.19. The van der Waals surface area contributed by atoms with Crippen LogP contribution in [0.15, 0.2) is 12.2 Å². The van der Waals surface area contributed by atoms with Crippen molar-refractivity contribution in [1.82, 2.24) is 15.1 Å². The van der Waals surface area contributed by atoms with Crippen molar-refractivity contribution >= 4 is 34.2 Å². The number of hydrogen-bond donors (Lipinski definition) is 1. The Morgan fingerprint density at radius 3 is 2.56 bits per heavy atom. The largest absolute Gasteiger partial charge is 0.300 e. The first kappa shape index (κ1) is 16.4. The van der Waals surface area contributed by atoms with Crippen molar-refractivity contribution in [2.75, 3.05) is 11.9 Å². The molecule has 0 unspecified atom stereocenters. The Morgan fingerprint density at radius 2 is 1.92 bits per heavy atom. The first-order valence-electron chi connectivity index (χ1n) is 8.74. The molecule has 0 radical (unpaired) electrons. The molecule has 2 aliphatic carbocycles. The third-order valence-electron chi connectivity index (χ3n) is 5.30. The molecule has 7 nitrogen and oxygen atoms in total. The highest BCUT2D eigenvalue weighted by atomic mass is 32.1. The van der Waals surface area contributed by atoms with Crippen LogP contribution < -0.4 is 5.32 Å². The summed E-state index contributed by atoms with van der Waals surface area (Å²) in [5.74, 6) is -0.484. The Balaban J connectivity index is 1.33. The summed E-state index contributed by atoms with van der Waals surface area (Å²) in [5.41, 5.74) is 0. The molecule has 4 atom stereocenters. The van der Waals surface area contributed by atoms with E-state index in [0.717, 1.165) is 24.3 Å². The van der Waals surface area contributed by atoms with Crippen molar-refractivity contribution in [2.24, 2.45) is 23.7 Å². The van der Waals surface area contributed by atoms with Gasteiger partial charge in [-0.25, -0.2) is 0 Å². The maximum absolute atomic E-state index is 12.6. The van der Waals surface area contributed by atoms with Gasteiger partial charge < -0.3 is 5.32 Å². The number of imide groups is 1. The molecule has 1 aromatic rings. The van der Waals surface area contributed by atoms with Crippen molar-refractivity contribution in [3.63, 3.8) is 0 Å². The first-order chi connectivity index (χ1) is 12.1. The van der Waals surface area contributed by atoms with E-state index in [2.05, 4.69) is 34.6 Å². The molecule has 0 aromatic carbocycles. The molecule has 1 aliphatic heterocycles. The number of fused-ring (bicyclic) bond motifs is 5. The number of rotatable bonds is 6. The van der Waals surface area contributed by atoms with Gasteiger partial charge >= 0.3 is 0 Å². The molecule has 1 aromatic heterocycles. The molecule has 2 bridgehead atoms. The standard InChI is InChI=1S/C17H20N4O3S/c1-2-3-12-19-20-17(25-12)18-11(22)6-7-21-15(23)13-9-4-5-10(8-9)14(13)16(21)24/h4-5,9-10,13-14H,2-3,6-8H2,1H3,(H,18,20,22)/t9-,10-,13+,14+/m0/s1. The lowest BCUT2D eigenvalue weighted by molar-refractivity contribution is -0.140. The van der Waals surface area contributed by atoms with Gasteiger partial charge in [0.2, 0.25) is 22.9 Å². The van der Waals surface area contributed by atoms with Gasteiger partial charge in [0.05, 0.1) is 11.8 Å². The predicted octanol–water partition coefficient (Wildman–Crippen LogP) is 1.63. The molecule has 25 heavy (non-hydrogen) atoms. The van der Waals surface area contributed by atoms with E-state index in [4.69, 9.17) is 0 Å². The zero-order valence-corrected chi connectivity index (χ0v) is 14.8. The SMILES string of the molecule is CCCc1nnc(NC(=O)CCN2C(=O)[C@H]3[C@H](C2=O)[C@H]2C=C[C@H]3C2)s1. The Morgan fingerprint density at radius 1 is 1.24 bits per heavy atom. The average Bonchev–Trinajstić information content (AvgIpc) is 3.33. The summed E-state index contributed by atoms with van der Waals surface area (Å²) in [6.07, 6.45) is 6.94. The lowest BCUT2D eigenvalue weighted by Crippen LogP contribution is -2.35. The predicted molar refractivity (Wildman–Crippen MR) is 91.6 cm³/mol. The number of allylic oxidation sites excluding steroid dienone is 2. The van der Waals surface area contributed by atoms with Gasteiger partial charge in [0, 0.05) is 19.4 Å².